The van der Waals surface area contributed by atoms with E-state index in [0.29, 0.717) is 16.7 Å². The van der Waals surface area contributed by atoms with Crippen LogP contribution in [0.4, 0.5) is 0 Å². The third kappa shape index (κ3) is 3.32. The van der Waals surface area contributed by atoms with Gasteiger partial charge in [0.15, 0.2) is 0 Å². The minimum absolute atomic E-state index is 0.0456. The van der Waals surface area contributed by atoms with Crippen LogP contribution >= 0.6 is 11.3 Å². The summed E-state index contributed by atoms with van der Waals surface area (Å²) in [7, 11) is 0. The molecule has 1 amide bonds. The minimum atomic E-state index is -1.09. The van der Waals surface area contributed by atoms with Gasteiger partial charge in [-0.15, -0.1) is 11.3 Å². The van der Waals surface area contributed by atoms with Crippen LogP contribution in [0.15, 0.2) is 6.20 Å². The van der Waals surface area contributed by atoms with E-state index < -0.39 is 5.97 Å². The summed E-state index contributed by atoms with van der Waals surface area (Å²) in [6, 6.07) is 0.189. The molecule has 0 saturated heterocycles. The van der Waals surface area contributed by atoms with E-state index in [-0.39, 0.29) is 17.0 Å². The van der Waals surface area contributed by atoms with E-state index in [4.69, 9.17) is 5.11 Å². The van der Waals surface area contributed by atoms with Crippen molar-refractivity contribution < 1.29 is 14.7 Å². The summed E-state index contributed by atoms with van der Waals surface area (Å²) in [4.78, 5) is 26.8. The Bertz CT molecular complexity index is 486. The Hall–Kier alpha value is -1.43. The van der Waals surface area contributed by atoms with Crippen molar-refractivity contribution in [3.8, 4) is 0 Å². The molecule has 19 heavy (non-hydrogen) atoms. The van der Waals surface area contributed by atoms with Crippen LogP contribution in [0.5, 0.6) is 0 Å². The molecule has 1 aliphatic carbocycles. The number of aromatic carboxylic acids is 1. The molecule has 1 aromatic rings. The molecule has 6 heteroatoms. The number of thiazole rings is 1. The molecule has 104 valence electrons. The van der Waals surface area contributed by atoms with Crippen molar-refractivity contribution in [1.29, 1.82) is 0 Å². The van der Waals surface area contributed by atoms with E-state index in [1.54, 1.807) is 0 Å². The molecule has 0 bridgehead atoms. The number of hydrogen-bond donors (Lipinski definition) is 2. The van der Waals surface area contributed by atoms with Crippen molar-refractivity contribution in [2.24, 2.45) is 11.8 Å². The Labute approximate surface area is 116 Å². The van der Waals surface area contributed by atoms with Gasteiger partial charge in [0, 0.05) is 6.04 Å². The highest BCUT2D eigenvalue weighted by atomic mass is 32.1. The molecule has 3 atom stereocenters. The van der Waals surface area contributed by atoms with Gasteiger partial charge in [-0.3, -0.25) is 4.79 Å². The molecule has 0 radical (unpaired) electrons. The molecule has 2 rings (SSSR count). The Kier molecular flexibility index (Phi) is 4.19. The number of carbonyl (C=O) groups is 2. The predicted octanol–water partition coefficient (Wildman–Crippen LogP) is 2.40. The van der Waals surface area contributed by atoms with Crippen LogP contribution in [0.2, 0.25) is 0 Å². The molecule has 5 nitrogen and oxygen atoms in total. The summed E-state index contributed by atoms with van der Waals surface area (Å²) in [5, 5.41) is 11.7. The second kappa shape index (κ2) is 5.69. The predicted molar refractivity (Wildman–Crippen MR) is 72.5 cm³/mol. The number of hydrogen-bond acceptors (Lipinski definition) is 4. The maximum absolute atomic E-state index is 12.0. The fraction of sp³-hybridized carbons (Fsp3) is 0.615. The van der Waals surface area contributed by atoms with E-state index >= 15 is 0 Å². The molecule has 1 aliphatic rings. The van der Waals surface area contributed by atoms with Crippen LogP contribution in [0.1, 0.15) is 52.6 Å². The first-order valence-electron chi connectivity index (χ1n) is 6.47. The summed E-state index contributed by atoms with van der Waals surface area (Å²) >= 11 is 0.916. The fourth-order valence-corrected chi connectivity index (χ4v) is 3.07. The summed E-state index contributed by atoms with van der Waals surface area (Å²) in [6.45, 7) is 4.45. The zero-order valence-corrected chi connectivity index (χ0v) is 11.9. The first kappa shape index (κ1) is 14.0. The topological polar surface area (TPSA) is 79.3 Å². The number of amides is 1. The number of carboxylic acid groups (broad SMARTS) is 1. The van der Waals surface area contributed by atoms with Gasteiger partial charge in [-0.2, -0.15) is 0 Å². The van der Waals surface area contributed by atoms with Gasteiger partial charge in [0.25, 0.3) is 5.91 Å². The first-order valence-corrected chi connectivity index (χ1v) is 7.29. The van der Waals surface area contributed by atoms with E-state index in [9.17, 15) is 9.59 Å². The highest BCUT2D eigenvalue weighted by Gasteiger charge is 2.26. The van der Waals surface area contributed by atoms with Gasteiger partial charge in [0.1, 0.15) is 4.88 Å². The van der Waals surface area contributed by atoms with Crippen molar-refractivity contribution in [3.05, 3.63) is 16.1 Å². The second-order valence-electron chi connectivity index (χ2n) is 5.27. The van der Waals surface area contributed by atoms with E-state index in [1.807, 2.05) is 0 Å². The van der Waals surface area contributed by atoms with Crippen LogP contribution < -0.4 is 5.32 Å². The van der Waals surface area contributed by atoms with E-state index in [2.05, 4.69) is 24.1 Å². The Morgan fingerprint density at radius 1 is 1.37 bits per heavy atom. The standard InChI is InChI=1S/C13H18N2O3S/c1-7-3-4-9(5-8(7)2)15-11(16)10-6-14-12(19-10)13(17)18/h6-9H,3-5H2,1-2H3,(H,15,16)(H,17,18). The first-order chi connectivity index (χ1) is 8.97. The fourth-order valence-electron chi connectivity index (χ4n) is 2.41. The maximum Gasteiger partial charge on any atom is 0.365 e. The lowest BCUT2D eigenvalue weighted by Gasteiger charge is -2.32. The van der Waals surface area contributed by atoms with Gasteiger partial charge < -0.3 is 10.4 Å². The Balaban J connectivity index is 1.95. The van der Waals surface area contributed by atoms with Crippen LogP contribution in [0.25, 0.3) is 0 Å². The lowest BCUT2D eigenvalue weighted by molar-refractivity contribution is 0.0696. The van der Waals surface area contributed by atoms with Crippen molar-refractivity contribution in [3.63, 3.8) is 0 Å². The molecule has 0 spiro atoms. The van der Waals surface area contributed by atoms with Crippen LogP contribution in [0, 0.1) is 11.8 Å². The van der Waals surface area contributed by atoms with E-state index in [1.165, 1.54) is 6.20 Å². The van der Waals surface area contributed by atoms with Gasteiger partial charge in [-0.25, -0.2) is 9.78 Å². The SMILES string of the molecule is CC1CCC(NC(=O)c2cnc(C(=O)O)s2)CC1C. The molecular formula is C13H18N2O3S. The number of carboxylic acids is 1. The van der Waals surface area contributed by atoms with Crippen LogP contribution in [-0.2, 0) is 0 Å². The van der Waals surface area contributed by atoms with Gasteiger partial charge in [-0.05, 0) is 31.1 Å². The molecule has 1 aromatic heterocycles. The lowest BCUT2D eigenvalue weighted by atomic mass is 9.79. The zero-order valence-electron chi connectivity index (χ0n) is 11.0. The number of carbonyl (C=O) groups excluding carboxylic acids is 1. The molecule has 0 aromatic carbocycles. The Morgan fingerprint density at radius 2 is 2.11 bits per heavy atom. The number of nitrogens with zero attached hydrogens (tertiary/aromatic N) is 1. The highest BCUT2D eigenvalue weighted by molar-refractivity contribution is 7.15. The second-order valence-corrected chi connectivity index (χ2v) is 6.30. The molecule has 3 unspecified atom stereocenters. The lowest BCUT2D eigenvalue weighted by Crippen LogP contribution is -2.39. The molecule has 2 N–H and O–H groups in total. The number of nitrogens with one attached hydrogen (secondary N) is 1. The quantitative estimate of drug-likeness (QED) is 0.892. The Morgan fingerprint density at radius 3 is 2.68 bits per heavy atom. The largest absolute Gasteiger partial charge is 0.476 e. The summed E-state index contributed by atoms with van der Waals surface area (Å²) in [5.41, 5.74) is 0. The maximum atomic E-state index is 12.0. The molecule has 1 heterocycles. The normalized spacial score (nSPS) is 26.9. The van der Waals surface area contributed by atoms with Crippen LogP contribution in [0.3, 0.4) is 0 Å². The molecule has 0 aliphatic heterocycles. The third-order valence-corrected chi connectivity index (χ3v) is 4.83. The smallest absolute Gasteiger partial charge is 0.365 e. The van der Waals surface area contributed by atoms with Gasteiger partial charge in [0.2, 0.25) is 5.01 Å². The average molecular weight is 282 g/mol. The number of aromatic nitrogens is 1. The van der Waals surface area contributed by atoms with Crippen molar-refractivity contribution in [2.45, 2.75) is 39.2 Å². The number of rotatable bonds is 3. The van der Waals surface area contributed by atoms with Crippen molar-refractivity contribution in [1.82, 2.24) is 10.3 Å². The zero-order chi connectivity index (χ0) is 14.0. The summed E-state index contributed by atoms with van der Waals surface area (Å²) in [6.07, 6.45) is 4.42. The third-order valence-electron chi connectivity index (χ3n) is 3.85. The molecular weight excluding hydrogens is 264 g/mol. The summed E-state index contributed by atoms with van der Waals surface area (Å²) < 4.78 is 0. The van der Waals surface area contributed by atoms with Gasteiger partial charge >= 0.3 is 5.97 Å². The van der Waals surface area contributed by atoms with E-state index in [0.717, 1.165) is 30.6 Å². The monoisotopic (exact) mass is 282 g/mol. The van der Waals surface area contributed by atoms with Gasteiger partial charge in [0.05, 0.1) is 6.20 Å². The highest BCUT2D eigenvalue weighted by Crippen LogP contribution is 2.29. The average Bonchev–Trinajstić information content (AvgIpc) is 2.83. The van der Waals surface area contributed by atoms with Crippen LogP contribution in [-0.4, -0.2) is 28.0 Å². The van der Waals surface area contributed by atoms with Crippen molar-refractivity contribution >= 4 is 23.2 Å². The molecule has 1 saturated carbocycles. The molecule has 1 fully saturated rings. The summed E-state index contributed by atoms with van der Waals surface area (Å²) in [5.74, 6) is 0.00572. The van der Waals surface area contributed by atoms with Crippen molar-refractivity contribution in [2.75, 3.05) is 0 Å². The minimum Gasteiger partial charge on any atom is -0.476 e. The van der Waals surface area contributed by atoms with Gasteiger partial charge in [-0.1, -0.05) is 13.8 Å².